The van der Waals surface area contributed by atoms with Gasteiger partial charge in [-0.25, -0.2) is 9.37 Å². The van der Waals surface area contributed by atoms with E-state index in [4.69, 9.17) is 5.73 Å². The molecule has 0 fully saturated rings. The molecule has 0 spiro atoms. The highest BCUT2D eigenvalue weighted by molar-refractivity contribution is 5.70. The van der Waals surface area contributed by atoms with E-state index in [2.05, 4.69) is 11.9 Å². The van der Waals surface area contributed by atoms with Crippen LogP contribution in [-0.4, -0.2) is 9.55 Å². The van der Waals surface area contributed by atoms with Crippen LogP contribution in [0.25, 0.3) is 11.3 Å². The number of anilines is 1. The second-order valence-corrected chi connectivity index (χ2v) is 4.49. The summed E-state index contributed by atoms with van der Waals surface area (Å²) in [7, 11) is 0. The van der Waals surface area contributed by atoms with Gasteiger partial charge in [0.1, 0.15) is 17.3 Å². The summed E-state index contributed by atoms with van der Waals surface area (Å²) in [5.74, 6) is 0.377. The standard InChI is InChI=1S/C14H18FN3/c1-3-4-7-18-9-17-13(14(18)16)11-6-5-10(2)12(15)8-11/h5-6,8-9H,3-4,7,16H2,1-2H3. The number of nitrogens with two attached hydrogens (primary N) is 1. The van der Waals surface area contributed by atoms with Gasteiger partial charge in [0.05, 0.1) is 6.33 Å². The molecule has 0 aliphatic carbocycles. The average molecular weight is 247 g/mol. The minimum absolute atomic E-state index is 0.227. The van der Waals surface area contributed by atoms with Crippen LogP contribution < -0.4 is 5.73 Å². The predicted octanol–water partition coefficient (Wildman–Crippen LogP) is 3.38. The summed E-state index contributed by atoms with van der Waals surface area (Å²) < 4.78 is 15.4. The Morgan fingerprint density at radius 1 is 1.39 bits per heavy atom. The zero-order valence-electron chi connectivity index (χ0n) is 10.8. The Kier molecular flexibility index (Phi) is 3.65. The molecule has 18 heavy (non-hydrogen) atoms. The molecule has 96 valence electrons. The Hall–Kier alpha value is -1.84. The Morgan fingerprint density at radius 3 is 2.83 bits per heavy atom. The van der Waals surface area contributed by atoms with Crippen molar-refractivity contribution in [2.75, 3.05) is 5.73 Å². The van der Waals surface area contributed by atoms with Crippen molar-refractivity contribution in [3.63, 3.8) is 0 Å². The van der Waals surface area contributed by atoms with E-state index in [0.29, 0.717) is 17.1 Å². The molecule has 3 nitrogen and oxygen atoms in total. The fourth-order valence-electron chi connectivity index (χ4n) is 1.86. The normalized spacial score (nSPS) is 10.8. The maximum absolute atomic E-state index is 13.5. The van der Waals surface area contributed by atoms with Gasteiger partial charge >= 0.3 is 0 Å². The van der Waals surface area contributed by atoms with Crippen LogP contribution >= 0.6 is 0 Å². The van der Waals surface area contributed by atoms with Crippen molar-refractivity contribution in [1.82, 2.24) is 9.55 Å². The van der Waals surface area contributed by atoms with Crippen LogP contribution in [0.5, 0.6) is 0 Å². The van der Waals surface area contributed by atoms with Gasteiger partial charge in [-0.15, -0.1) is 0 Å². The maximum Gasteiger partial charge on any atom is 0.131 e. The average Bonchev–Trinajstić information content (AvgIpc) is 2.72. The molecular formula is C14H18FN3. The van der Waals surface area contributed by atoms with Gasteiger partial charge in [-0.2, -0.15) is 0 Å². The van der Waals surface area contributed by atoms with Gasteiger partial charge in [-0.1, -0.05) is 25.5 Å². The summed E-state index contributed by atoms with van der Waals surface area (Å²) in [6, 6.07) is 5.08. The van der Waals surface area contributed by atoms with Crippen molar-refractivity contribution in [2.24, 2.45) is 0 Å². The minimum atomic E-state index is -0.227. The summed E-state index contributed by atoms with van der Waals surface area (Å²) in [6.45, 7) is 4.72. The number of nitrogen functional groups attached to an aromatic ring is 1. The van der Waals surface area contributed by atoms with Crippen LogP contribution in [0, 0.1) is 12.7 Å². The van der Waals surface area contributed by atoms with Crippen LogP contribution in [0.3, 0.4) is 0 Å². The Morgan fingerprint density at radius 2 is 2.17 bits per heavy atom. The number of hydrogen-bond donors (Lipinski definition) is 1. The van der Waals surface area contributed by atoms with Gasteiger partial charge in [0.2, 0.25) is 0 Å². The number of aromatic nitrogens is 2. The molecule has 2 rings (SSSR count). The van der Waals surface area contributed by atoms with Crippen molar-refractivity contribution in [1.29, 1.82) is 0 Å². The van der Waals surface area contributed by atoms with Crippen LogP contribution in [0.15, 0.2) is 24.5 Å². The van der Waals surface area contributed by atoms with Crippen molar-refractivity contribution < 1.29 is 4.39 Å². The molecule has 2 N–H and O–H groups in total. The zero-order valence-corrected chi connectivity index (χ0v) is 10.8. The quantitative estimate of drug-likeness (QED) is 0.900. The molecule has 4 heteroatoms. The van der Waals surface area contributed by atoms with Crippen molar-refractivity contribution in [2.45, 2.75) is 33.2 Å². The molecule has 0 radical (unpaired) electrons. The molecule has 0 amide bonds. The van der Waals surface area contributed by atoms with E-state index < -0.39 is 0 Å². The van der Waals surface area contributed by atoms with E-state index >= 15 is 0 Å². The number of nitrogens with zero attached hydrogens (tertiary/aromatic N) is 2. The van der Waals surface area contributed by atoms with E-state index in [1.165, 1.54) is 6.07 Å². The molecule has 1 aromatic carbocycles. The first-order chi connectivity index (χ1) is 8.63. The topological polar surface area (TPSA) is 43.8 Å². The molecule has 1 heterocycles. The third-order valence-corrected chi connectivity index (χ3v) is 3.08. The molecule has 0 atom stereocenters. The molecule has 0 unspecified atom stereocenters. The molecule has 1 aromatic heterocycles. The Bertz CT molecular complexity index is 546. The second kappa shape index (κ2) is 5.21. The maximum atomic E-state index is 13.5. The molecule has 0 bridgehead atoms. The number of unbranched alkanes of at least 4 members (excludes halogenated alkanes) is 1. The number of imidazole rings is 1. The smallest absolute Gasteiger partial charge is 0.131 e. The number of aryl methyl sites for hydroxylation is 2. The summed E-state index contributed by atoms with van der Waals surface area (Å²) in [5, 5.41) is 0. The minimum Gasteiger partial charge on any atom is -0.383 e. The lowest BCUT2D eigenvalue weighted by Gasteiger charge is -2.05. The highest BCUT2D eigenvalue weighted by Crippen LogP contribution is 2.26. The van der Waals surface area contributed by atoms with E-state index in [1.54, 1.807) is 19.3 Å². The van der Waals surface area contributed by atoms with Crippen molar-refractivity contribution in [3.05, 3.63) is 35.9 Å². The van der Waals surface area contributed by atoms with Gasteiger partial charge in [0.25, 0.3) is 0 Å². The van der Waals surface area contributed by atoms with Gasteiger partial charge in [-0.05, 0) is 25.0 Å². The third-order valence-electron chi connectivity index (χ3n) is 3.08. The predicted molar refractivity (Wildman–Crippen MR) is 71.7 cm³/mol. The largest absolute Gasteiger partial charge is 0.383 e. The highest BCUT2D eigenvalue weighted by atomic mass is 19.1. The van der Waals surface area contributed by atoms with Crippen LogP contribution in [0.1, 0.15) is 25.3 Å². The molecule has 0 aliphatic heterocycles. The van der Waals surface area contributed by atoms with Gasteiger partial charge in [0, 0.05) is 12.1 Å². The number of hydrogen-bond acceptors (Lipinski definition) is 2. The first-order valence-corrected chi connectivity index (χ1v) is 6.20. The van der Waals surface area contributed by atoms with E-state index in [9.17, 15) is 4.39 Å². The first kappa shape index (κ1) is 12.6. The molecule has 0 saturated carbocycles. The molecule has 2 aromatic rings. The fraction of sp³-hybridized carbons (Fsp3) is 0.357. The third kappa shape index (κ3) is 2.37. The monoisotopic (exact) mass is 247 g/mol. The van der Waals surface area contributed by atoms with Gasteiger partial charge in [-0.3, -0.25) is 0 Å². The summed E-state index contributed by atoms with van der Waals surface area (Å²) >= 11 is 0. The molecule has 0 aliphatic rings. The zero-order chi connectivity index (χ0) is 13.1. The Labute approximate surface area is 106 Å². The lowest BCUT2D eigenvalue weighted by atomic mass is 10.1. The van der Waals surface area contributed by atoms with Gasteiger partial charge < -0.3 is 10.3 Å². The SMILES string of the molecule is CCCCn1cnc(-c2ccc(C)c(F)c2)c1N. The van der Waals surface area contributed by atoms with Crippen LogP contribution in [0.4, 0.5) is 10.2 Å². The number of halogens is 1. The first-order valence-electron chi connectivity index (χ1n) is 6.20. The fourth-order valence-corrected chi connectivity index (χ4v) is 1.86. The molecule has 0 saturated heterocycles. The lowest BCUT2D eigenvalue weighted by Crippen LogP contribution is -2.02. The van der Waals surface area contributed by atoms with E-state index in [0.717, 1.165) is 24.9 Å². The number of rotatable bonds is 4. The molecular weight excluding hydrogens is 229 g/mol. The summed E-state index contributed by atoms with van der Waals surface area (Å²) in [6.07, 6.45) is 3.88. The lowest BCUT2D eigenvalue weighted by molar-refractivity contribution is 0.619. The van der Waals surface area contributed by atoms with Crippen molar-refractivity contribution in [3.8, 4) is 11.3 Å². The van der Waals surface area contributed by atoms with E-state index in [1.807, 2.05) is 10.6 Å². The Balaban J connectivity index is 2.33. The highest BCUT2D eigenvalue weighted by Gasteiger charge is 2.11. The van der Waals surface area contributed by atoms with Gasteiger partial charge in [0.15, 0.2) is 0 Å². The number of benzene rings is 1. The van der Waals surface area contributed by atoms with E-state index in [-0.39, 0.29) is 5.82 Å². The van der Waals surface area contributed by atoms with Crippen molar-refractivity contribution >= 4 is 5.82 Å². The summed E-state index contributed by atoms with van der Waals surface area (Å²) in [5.41, 5.74) is 8.05. The van der Waals surface area contributed by atoms with Crippen LogP contribution in [0.2, 0.25) is 0 Å². The second-order valence-electron chi connectivity index (χ2n) is 4.49. The summed E-state index contributed by atoms with van der Waals surface area (Å²) in [4.78, 5) is 4.28. The van der Waals surface area contributed by atoms with Crippen LogP contribution in [-0.2, 0) is 6.54 Å².